The second-order valence-corrected chi connectivity index (χ2v) is 22.5. The number of carbonyl (C=O) groups excluding carboxylic acids is 2. The first-order valence-electron chi connectivity index (χ1n) is 19.1. The van der Waals surface area contributed by atoms with Crippen LogP contribution in [-0.2, 0) is 37.0 Å². The monoisotopic (exact) mass is 776 g/mol. The zero-order valence-corrected chi connectivity index (χ0v) is 34.0. The van der Waals surface area contributed by atoms with Crippen LogP contribution in [0.15, 0.2) is 30.3 Å². The quantitative estimate of drug-likeness (QED) is 0.171. The number of benzene rings is 3. The Bertz CT molecular complexity index is 2060. The molecule has 0 amide bonds. The molecule has 3 saturated heterocycles. The number of hydrogen-bond donors (Lipinski definition) is 3. The van der Waals surface area contributed by atoms with E-state index in [1.165, 1.54) is 0 Å². The standard InChI is InChI=1S/C42H52O12Si/c1-21-14-26-27(18-45)30-28(49-19-23-10-12-25(48-9)13-11-23)15-22(2)33(46)32(30)35-31(26)34(53-55(54-35,39(3,4)5)40(6,7)8)29(21)36-37-38(47)41(20-50-41)42(51-36,52-37)24(16-43)17-44/h10-14,22,24,28,36-37,43-45H,15-20H2,1-9H3/t22-,28-,36?,37?,41?,42?/m0/s1. The first kappa shape index (κ1) is 38.5. The largest absolute Gasteiger partial charge is 0.510 e. The number of Topliss-reactive ketones (excluding diaryl/α,β-unsaturated/α-hetero) is 2. The van der Waals surface area contributed by atoms with Gasteiger partial charge in [0.15, 0.2) is 11.9 Å². The van der Waals surface area contributed by atoms with Gasteiger partial charge in [-0.05, 0) is 47.6 Å². The minimum atomic E-state index is -3.52. The molecule has 55 heavy (non-hydrogen) atoms. The zero-order chi connectivity index (χ0) is 39.6. The van der Waals surface area contributed by atoms with Crippen molar-refractivity contribution in [3.63, 3.8) is 0 Å². The summed E-state index contributed by atoms with van der Waals surface area (Å²) < 4.78 is 45.7. The Hall–Kier alpha value is -3.40. The van der Waals surface area contributed by atoms with Crippen LogP contribution in [0.4, 0.5) is 0 Å². The van der Waals surface area contributed by atoms with Gasteiger partial charge in [-0.3, -0.25) is 9.59 Å². The van der Waals surface area contributed by atoms with Crippen LogP contribution in [0.3, 0.4) is 0 Å². The maximum atomic E-state index is 14.7. The summed E-state index contributed by atoms with van der Waals surface area (Å²) in [5, 5.41) is 32.0. The first-order valence-corrected chi connectivity index (χ1v) is 20.9. The van der Waals surface area contributed by atoms with Gasteiger partial charge in [-0.25, -0.2) is 0 Å². The third-order valence-electron chi connectivity index (χ3n) is 12.5. The molecule has 2 bridgehead atoms. The van der Waals surface area contributed by atoms with Crippen LogP contribution in [0.25, 0.3) is 10.8 Å². The molecule has 5 aliphatic rings. The lowest BCUT2D eigenvalue weighted by Crippen LogP contribution is -2.63. The number of ether oxygens (including phenoxy) is 5. The number of carbonyl (C=O) groups is 2. The van der Waals surface area contributed by atoms with E-state index >= 15 is 0 Å². The van der Waals surface area contributed by atoms with E-state index < -0.39 is 73.4 Å². The fraction of sp³-hybridized carbons (Fsp3) is 0.571. The Kier molecular flexibility index (Phi) is 8.95. The van der Waals surface area contributed by atoms with Crippen LogP contribution in [-0.4, -0.2) is 79.9 Å². The second-order valence-electron chi connectivity index (χ2n) is 17.9. The lowest BCUT2D eigenvalue weighted by molar-refractivity contribution is -0.239. The molecular formula is C42H52O12Si. The molecule has 3 aromatic rings. The Morgan fingerprint density at radius 2 is 1.55 bits per heavy atom. The van der Waals surface area contributed by atoms with Crippen LogP contribution in [0, 0.1) is 18.8 Å². The smallest absolute Gasteiger partial charge is 0.471 e. The van der Waals surface area contributed by atoms with Crippen molar-refractivity contribution in [2.24, 2.45) is 11.8 Å². The zero-order valence-electron chi connectivity index (χ0n) is 33.0. The number of aliphatic hydroxyl groups is 3. The maximum Gasteiger partial charge on any atom is 0.471 e. The number of fused-ring (bicyclic) bond motifs is 5. The molecule has 1 spiro atoms. The molecule has 12 nitrogen and oxygen atoms in total. The van der Waals surface area contributed by atoms with Crippen molar-refractivity contribution in [2.75, 3.05) is 26.9 Å². The predicted octanol–water partition coefficient (Wildman–Crippen LogP) is 6.05. The van der Waals surface area contributed by atoms with E-state index in [-0.39, 0.29) is 31.4 Å². The van der Waals surface area contributed by atoms with Crippen molar-refractivity contribution in [3.8, 4) is 17.2 Å². The molecular weight excluding hydrogens is 725 g/mol. The number of aliphatic hydroxyl groups excluding tert-OH is 3. The average Bonchev–Trinajstić information content (AvgIpc) is 3.81. The highest BCUT2D eigenvalue weighted by Crippen LogP contribution is 2.66. The molecule has 4 heterocycles. The van der Waals surface area contributed by atoms with Crippen LogP contribution in [0.5, 0.6) is 17.2 Å². The summed E-state index contributed by atoms with van der Waals surface area (Å²) in [5.41, 5.74) is 2.32. The van der Waals surface area contributed by atoms with E-state index in [1.807, 2.05) is 44.2 Å². The van der Waals surface area contributed by atoms with Gasteiger partial charge in [-0.15, -0.1) is 0 Å². The minimum absolute atomic E-state index is 0.0572. The number of methoxy groups -OCH3 is 1. The molecule has 13 heteroatoms. The van der Waals surface area contributed by atoms with Crippen LogP contribution in [0.1, 0.15) is 105 Å². The van der Waals surface area contributed by atoms with E-state index in [2.05, 4.69) is 41.5 Å². The Balaban J connectivity index is 1.38. The third-order valence-corrected chi connectivity index (χ3v) is 17.4. The van der Waals surface area contributed by atoms with Gasteiger partial charge in [0, 0.05) is 27.1 Å². The van der Waals surface area contributed by atoms with Gasteiger partial charge in [0.1, 0.15) is 23.4 Å². The summed E-state index contributed by atoms with van der Waals surface area (Å²) in [4.78, 5) is 28.8. The van der Waals surface area contributed by atoms with Gasteiger partial charge in [0.05, 0.1) is 63.1 Å². The summed E-state index contributed by atoms with van der Waals surface area (Å²) in [5.74, 6) is -1.95. The molecule has 4 aliphatic heterocycles. The summed E-state index contributed by atoms with van der Waals surface area (Å²) in [6, 6.07) is 9.56. The van der Waals surface area contributed by atoms with Crippen molar-refractivity contribution in [3.05, 3.63) is 63.7 Å². The molecule has 3 N–H and O–H groups in total. The number of hydrogen-bond acceptors (Lipinski definition) is 12. The molecule has 3 aromatic carbocycles. The number of rotatable bonds is 9. The summed E-state index contributed by atoms with van der Waals surface area (Å²) in [6.45, 7) is 15.2. The van der Waals surface area contributed by atoms with Crippen LogP contribution in [0.2, 0.25) is 10.1 Å². The minimum Gasteiger partial charge on any atom is -0.510 e. The number of aryl methyl sites for hydroxylation is 1. The molecule has 0 saturated carbocycles. The first-order chi connectivity index (χ1) is 25.9. The van der Waals surface area contributed by atoms with E-state index in [4.69, 9.17) is 32.5 Å². The van der Waals surface area contributed by atoms with Gasteiger partial charge >= 0.3 is 8.56 Å². The Morgan fingerprint density at radius 1 is 0.927 bits per heavy atom. The van der Waals surface area contributed by atoms with E-state index in [1.54, 1.807) is 7.11 Å². The highest BCUT2D eigenvalue weighted by molar-refractivity contribution is 6.75. The molecule has 296 valence electrons. The van der Waals surface area contributed by atoms with Gasteiger partial charge in [0.2, 0.25) is 17.2 Å². The summed E-state index contributed by atoms with van der Waals surface area (Å²) in [7, 11) is -1.90. The van der Waals surface area contributed by atoms with Crippen LogP contribution < -0.4 is 13.6 Å². The fourth-order valence-electron chi connectivity index (χ4n) is 9.81. The fourth-order valence-corrected chi connectivity index (χ4v) is 14.3. The highest BCUT2D eigenvalue weighted by atomic mass is 28.4. The molecule has 0 radical (unpaired) electrons. The lowest BCUT2D eigenvalue weighted by Gasteiger charge is -2.52. The number of epoxide rings is 1. The molecule has 6 atom stereocenters. The summed E-state index contributed by atoms with van der Waals surface area (Å²) in [6.07, 6.45) is -2.23. The highest BCUT2D eigenvalue weighted by Gasteiger charge is 2.83. The third kappa shape index (κ3) is 5.20. The molecule has 1 aliphatic carbocycles. The lowest BCUT2D eigenvalue weighted by atomic mass is 9.76. The van der Waals surface area contributed by atoms with E-state index in [0.717, 1.165) is 11.3 Å². The van der Waals surface area contributed by atoms with Gasteiger partial charge in [-0.2, -0.15) is 0 Å². The summed E-state index contributed by atoms with van der Waals surface area (Å²) >= 11 is 0. The van der Waals surface area contributed by atoms with Crippen molar-refractivity contribution < 1.29 is 57.4 Å². The molecule has 8 rings (SSSR count). The van der Waals surface area contributed by atoms with Crippen molar-refractivity contribution in [1.82, 2.24) is 0 Å². The average molecular weight is 777 g/mol. The van der Waals surface area contributed by atoms with Gasteiger partial charge < -0.3 is 47.9 Å². The number of ketones is 2. The topological polar surface area (TPSA) is 163 Å². The molecule has 3 fully saturated rings. The molecule has 4 unspecified atom stereocenters. The van der Waals surface area contributed by atoms with E-state index in [9.17, 15) is 24.9 Å². The Labute approximate surface area is 322 Å². The molecule has 0 aromatic heterocycles. The van der Waals surface area contributed by atoms with Crippen molar-refractivity contribution in [2.45, 2.75) is 115 Å². The van der Waals surface area contributed by atoms with Crippen molar-refractivity contribution >= 4 is 30.9 Å². The maximum absolute atomic E-state index is 14.7. The SMILES string of the molecule is COc1ccc(CO[C@H]2C[C@H](C)C(=O)c3c2c(CO)c2cc(C)c(C4OC5(C(CO)CO)OC4C(=O)C54CO4)c4c2c3O[Si](C(C)(C)C)(C(C)(C)C)O4)cc1. The second kappa shape index (κ2) is 12.8. The van der Waals surface area contributed by atoms with Gasteiger partial charge in [-0.1, -0.05) is 66.7 Å². The van der Waals surface area contributed by atoms with Crippen molar-refractivity contribution in [1.29, 1.82) is 0 Å². The van der Waals surface area contributed by atoms with Crippen LogP contribution >= 0.6 is 0 Å². The Morgan fingerprint density at radius 3 is 2.11 bits per heavy atom. The van der Waals surface area contributed by atoms with Gasteiger partial charge in [0.25, 0.3) is 0 Å². The predicted molar refractivity (Wildman–Crippen MR) is 202 cm³/mol. The normalized spacial score (nSPS) is 29.2. The van der Waals surface area contributed by atoms with E-state index in [0.29, 0.717) is 56.5 Å².